The largest absolute Gasteiger partial charge is 0.573 e. The number of halogens is 3. The van der Waals surface area contributed by atoms with Gasteiger partial charge in [-0.1, -0.05) is 6.07 Å². The van der Waals surface area contributed by atoms with E-state index in [2.05, 4.69) is 4.74 Å². The minimum Gasteiger partial charge on any atom is -0.455 e. The quantitative estimate of drug-likeness (QED) is 0.585. The van der Waals surface area contributed by atoms with Crippen LogP contribution in [0.5, 0.6) is 5.75 Å². The fraction of sp³-hybridized carbons (Fsp3) is 0.591. The lowest BCUT2D eigenvalue weighted by atomic mass is 9.78. The summed E-state index contributed by atoms with van der Waals surface area (Å²) in [5.74, 6) is -0.257. The van der Waals surface area contributed by atoms with Crippen LogP contribution in [0.15, 0.2) is 22.6 Å². The van der Waals surface area contributed by atoms with Crippen molar-refractivity contribution in [2.75, 3.05) is 7.05 Å². The summed E-state index contributed by atoms with van der Waals surface area (Å²) in [5.41, 5.74) is -1.77. The lowest BCUT2D eigenvalue weighted by Crippen LogP contribution is -2.41. The molecule has 1 saturated heterocycles. The maximum absolute atomic E-state index is 13.1. The molecule has 0 aliphatic carbocycles. The number of fused-ring (bicyclic) bond motifs is 1. The van der Waals surface area contributed by atoms with E-state index in [0.29, 0.717) is 10.8 Å². The lowest BCUT2D eigenvalue weighted by molar-refractivity contribution is -0.274. The highest BCUT2D eigenvalue weighted by molar-refractivity contribution is 6.62. The smallest absolute Gasteiger partial charge is 0.455 e. The van der Waals surface area contributed by atoms with Gasteiger partial charge in [0.15, 0.2) is 11.3 Å². The molecule has 1 fully saturated rings. The normalized spacial score (nSPS) is 18.0. The van der Waals surface area contributed by atoms with E-state index in [1.54, 1.807) is 32.9 Å². The van der Waals surface area contributed by atoms with E-state index in [4.69, 9.17) is 18.5 Å². The molecule has 1 amide bonds. The summed E-state index contributed by atoms with van der Waals surface area (Å²) < 4.78 is 66.5. The van der Waals surface area contributed by atoms with Gasteiger partial charge >= 0.3 is 19.6 Å². The average Bonchev–Trinajstić information content (AvgIpc) is 3.09. The minimum atomic E-state index is -4.93. The second-order valence-electron chi connectivity index (χ2n) is 10.1. The van der Waals surface area contributed by atoms with Crippen LogP contribution in [0.1, 0.15) is 54.2 Å². The van der Waals surface area contributed by atoms with Gasteiger partial charge in [-0.05, 0) is 66.1 Å². The van der Waals surface area contributed by atoms with E-state index in [9.17, 15) is 18.0 Å². The first-order chi connectivity index (χ1) is 14.9. The summed E-state index contributed by atoms with van der Waals surface area (Å²) in [6.07, 6.45) is -5.52. The summed E-state index contributed by atoms with van der Waals surface area (Å²) in [7, 11) is 0.613. The first-order valence-corrected chi connectivity index (χ1v) is 10.5. The van der Waals surface area contributed by atoms with Crippen molar-refractivity contribution in [1.82, 2.24) is 4.90 Å². The molecule has 33 heavy (non-hydrogen) atoms. The van der Waals surface area contributed by atoms with Crippen LogP contribution >= 0.6 is 0 Å². The molecule has 0 saturated carbocycles. The molecule has 1 aliphatic rings. The van der Waals surface area contributed by atoms with E-state index in [1.165, 1.54) is 18.0 Å². The van der Waals surface area contributed by atoms with Gasteiger partial charge in [-0.15, -0.1) is 13.2 Å². The van der Waals surface area contributed by atoms with Crippen molar-refractivity contribution in [2.45, 2.75) is 78.2 Å². The van der Waals surface area contributed by atoms with Crippen molar-refractivity contribution >= 4 is 29.6 Å². The molecular formula is C22H29BF3NO6. The van der Waals surface area contributed by atoms with Crippen molar-refractivity contribution in [3.8, 4) is 5.75 Å². The molecule has 1 aromatic heterocycles. The highest BCUT2D eigenvalue weighted by Gasteiger charge is 2.52. The molecule has 0 atom stereocenters. The van der Waals surface area contributed by atoms with Crippen LogP contribution in [-0.2, 0) is 20.6 Å². The monoisotopic (exact) mass is 471 g/mol. The van der Waals surface area contributed by atoms with Gasteiger partial charge in [-0.3, -0.25) is 0 Å². The van der Waals surface area contributed by atoms with E-state index >= 15 is 0 Å². The number of carbonyl (C=O) groups excluding carboxylic acids is 1. The molecule has 0 bridgehead atoms. The van der Waals surface area contributed by atoms with Gasteiger partial charge < -0.3 is 28.1 Å². The van der Waals surface area contributed by atoms with Crippen LogP contribution in [0, 0.1) is 0 Å². The molecule has 1 aliphatic heterocycles. The SMILES string of the molecule is CN(Cc1cc2cc(B3OC(C)(C)C(C)(C)O3)cc(OC(F)(F)F)c2o1)C(=O)OC(C)(C)C. The third-order valence-electron chi connectivity index (χ3n) is 5.50. The van der Waals surface area contributed by atoms with Crippen molar-refractivity contribution in [1.29, 1.82) is 0 Å². The topological polar surface area (TPSA) is 70.4 Å². The molecule has 0 radical (unpaired) electrons. The lowest BCUT2D eigenvalue weighted by Gasteiger charge is -2.32. The zero-order chi connectivity index (χ0) is 25.0. The fourth-order valence-corrected chi connectivity index (χ4v) is 3.23. The molecule has 182 valence electrons. The minimum absolute atomic E-state index is 0.0130. The first-order valence-electron chi connectivity index (χ1n) is 10.5. The molecule has 0 spiro atoms. The maximum atomic E-state index is 13.1. The van der Waals surface area contributed by atoms with E-state index in [0.717, 1.165) is 0 Å². The van der Waals surface area contributed by atoms with E-state index < -0.39 is 42.1 Å². The average molecular weight is 471 g/mol. The third-order valence-corrected chi connectivity index (χ3v) is 5.50. The van der Waals surface area contributed by atoms with Crippen molar-refractivity contribution < 1.29 is 41.2 Å². The van der Waals surface area contributed by atoms with Crippen LogP contribution in [0.4, 0.5) is 18.0 Å². The number of hydrogen-bond donors (Lipinski definition) is 0. The van der Waals surface area contributed by atoms with Crippen molar-refractivity contribution in [2.24, 2.45) is 0 Å². The number of rotatable bonds is 4. The Morgan fingerprint density at radius 1 is 1.06 bits per heavy atom. The summed E-state index contributed by atoms with van der Waals surface area (Å²) >= 11 is 0. The Morgan fingerprint density at radius 2 is 1.64 bits per heavy atom. The predicted octanol–water partition coefficient (Wildman–Crippen LogP) is 5.00. The van der Waals surface area contributed by atoms with Crippen LogP contribution in [0.25, 0.3) is 11.0 Å². The molecule has 3 rings (SSSR count). The van der Waals surface area contributed by atoms with Crippen molar-refractivity contribution in [3.05, 3.63) is 24.0 Å². The molecule has 2 aromatic rings. The Kier molecular flexibility index (Phi) is 6.21. The Bertz CT molecular complexity index is 1030. The van der Waals surface area contributed by atoms with Crippen LogP contribution in [0.3, 0.4) is 0 Å². The highest BCUT2D eigenvalue weighted by Crippen LogP contribution is 2.38. The number of alkyl halides is 3. The maximum Gasteiger partial charge on any atom is 0.573 e. The fourth-order valence-electron chi connectivity index (χ4n) is 3.23. The van der Waals surface area contributed by atoms with Gasteiger partial charge in [-0.25, -0.2) is 4.79 Å². The van der Waals surface area contributed by atoms with Gasteiger partial charge in [-0.2, -0.15) is 0 Å². The molecule has 11 heteroatoms. The van der Waals surface area contributed by atoms with E-state index in [1.807, 2.05) is 27.7 Å². The number of furan rings is 1. The third kappa shape index (κ3) is 5.76. The zero-order valence-electron chi connectivity index (χ0n) is 20.0. The summed E-state index contributed by atoms with van der Waals surface area (Å²) in [4.78, 5) is 13.5. The van der Waals surface area contributed by atoms with Gasteiger partial charge in [0.25, 0.3) is 0 Å². The molecule has 2 heterocycles. The first kappa shape index (κ1) is 25.2. The second kappa shape index (κ2) is 8.12. The highest BCUT2D eigenvalue weighted by atomic mass is 19.4. The molecule has 1 aromatic carbocycles. The van der Waals surface area contributed by atoms with E-state index in [-0.39, 0.29) is 17.9 Å². The zero-order valence-corrected chi connectivity index (χ0v) is 20.0. The number of benzene rings is 1. The second-order valence-corrected chi connectivity index (χ2v) is 10.1. The molecule has 0 unspecified atom stereocenters. The summed E-state index contributed by atoms with van der Waals surface area (Å²) in [6.45, 7) is 12.6. The molecule has 0 N–H and O–H groups in total. The molecule has 7 nitrogen and oxygen atoms in total. The predicted molar refractivity (Wildman–Crippen MR) is 116 cm³/mol. The van der Waals surface area contributed by atoms with Gasteiger partial charge in [0.2, 0.25) is 0 Å². The number of amides is 1. The number of nitrogens with zero attached hydrogens (tertiary/aromatic N) is 1. The number of hydrogen-bond acceptors (Lipinski definition) is 6. The van der Waals surface area contributed by atoms with Crippen LogP contribution < -0.4 is 10.2 Å². The van der Waals surface area contributed by atoms with Crippen LogP contribution in [0.2, 0.25) is 0 Å². The summed E-state index contributed by atoms with van der Waals surface area (Å²) in [5, 5.41) is 0.356. The standard InChI is InChI=1S/C22H29BF3NO6/c1-19(2,3)31-18(28)27(8)12-15-10-13-9-14(23-32-20(4,5)21(6,7)33-23)11-16(17(13)29-15)30-22(24,25)26/h9-11H,12H2,1-8H3. The number of ether oxygens (including phenoxy) is 2. The number of carbonyl (C=O) groups is 1. The molecular weight excluding hydrogens is 442 g/mol. The Morgan fingerprint density at radius 3 is 2.15 bits per heavy atom. The van der Waals surface area contributed by atoms with Gasteiger partial charge in [0, 0.05) is 12.4 Å². The van der Waals surface area contributed by atoms with Crippen LogP contribution in [-0.4, -0.2) is 48.3 Å². The summed E-state index contributed by atoms with van der Waals surface area (Å²) in [6, 6.07) is 4.37. The Labute approximate surface area is 191 Å². The van der Waals surface area contributed by atoms with Gasteiger partial charge in [0.1, 0.15) is 11.4 Å². The van der Waals surface area contributed by atoms with Crippen molar-refractivity contribution in [3.63, 3.8) is 0 Å². The van der Waals surface area contributed by atoms with Gasteiger partial charge in [0.05, 0.1) is 17.7 Å². The Hall–Kier alpha value is -2.40. The Balaban J connectivity index is 1.96.